The van der Waals surface area contributed by atoms with Crippen molar-refractivity contribution in [1.29, 1.82) is 5.26 Å². The van der Waals surface area contributed by atoms with Crippen molar-refractivity contribution < 1.29 is 14.6 Å². The first-order valence-corrected chi connectivity index (χ1v) is 9.20. The number of nitriles is 1. The third-order valence-corrected chi connectivity index (χ3v) is 4.75. The molecule has 0 aliphatic rings. The Morgan fingerprint density at radius 2 is 2.19 bits per heavy atom. The van der Waals surface area contributed by atoms with Crippen molar-refractivity contribution in [3.63, 3.8) is 0 Å². The van der Waals surface area contributed by atoms with Crippen LogP contribution < -0.4 is 4.74 Å². The van der Waals surface area contributed by atoms with E-state index in [0.717, 1.165) is 0 Å². The Labute approximate surface area is 169 Å². The number of fused-ring (bicyclic) bond motifs is 1. The quantitative estimate of drug-likeness (QED) is 0.309. The molecule has 0 saturated carbocycles. The van der Waals surface area contributed by atoms with Crippen LogP contribution in [0.25, 0.3) is 17.0 Å². The number of phenolic OH excluding ortho intramolecular Hbond substituents is 1. The predicted molar refractivity (Wildman–Crippen MR) is 108 cm³/mol. The maximum Gasteiger partial charge on any atom is 0.205 e. The minimum atomic E-state index is -0.409. The first kappa shape index (κ1) is 19.0. The zero-order chi connectivity index (χ0) is 19.6. The highest BCUT2D eigenvalue weighted by Gasteiger charge is 2.17. The average molecular weight is 446 g/mol. The van der Waals surface area contributed by atoms with Gasteiger partial charge in [-0.2, -0.15) is 5.26 Å². The Kier molecular flexibility index (Phi) is 5.54. The van der Waals surface area contributed by atoms with E-state index >= 15 is 0 Å². The lowest BCUT2D eigenvalue weighted by Gasteiger charge is -2.09. The van der Waals surface area contributed by atoms with Crippen LogP contribution in [0.15, 0.2) is 46.6 Å². The van der Waals surface area contributed by atoms with Crippen molar-refractivity contribution in [3.05, 3.63) is 62.7 Å². The zero-order valence-corrected chi connectivity index (χ0v) is 16.6. The van der Waals surface area contributed by atoms with Gasteiger partial charge in [-0.3, -0.25) is 4.79 Å². The summed E-state index contributed by atoms with van der Waals surface area (Å²) < 4.78 is 5.79. The molecule has 0 aliphatic heterocycles. The molecule has 0 unspecified atom stereocenters. The summed E-state index contributed by atoms with van der Waals surface area (Å²) in [5.74, 6) is -0.176. The normalized spacial score (nSPS) is 11.4. The summed E-state index contributed by atoms with van der Waals surface area (Å²) in [6, 6.07) is 10.3. The molecule has 0 atom stereocenters. The molecule has 3 aromatic rings. The van der Waals surface area contributed by atoms with Gasteiger partial charge < -0.3 is 14.8 Å². The molecule has 0 saturated heterocycles. The topological polar surface area (TPSA) is 86.1 Å². The van der Waals surface area contributed by atoms with Crippen LogP contribution in [0.5, 0.6) is 11.5 Å². The number of carbonyl (C=O) groups excluding carboxylic acids is 1. The van der Waals surface area contributed by atoms with Crippen LogP contribution in [0.2, 0.25) is 5.02 Å². The molecule has 1 heterocycles. The number of allylic oxidation sites excluding steroid dienone is 1. The highest BCUT2D eigenvalue weighted by molar-refractivity contribution is 9.10. The number of ether oxygens (including phenoxy) is 1. The third-order valence-electron chi connectivity index (χ3n) is 3.92. The van der Waals surface area contributed by atoms with Crippen molar-refractivity contribution >= 4 is 50.3 Å². The van der Waals surface area contributed by atoms with Crippen LogP contribution in [-0.4, -0.2) is 22.5 Å². The molecule has 0 radical (unpaired) electrons. The summed E-state index contributed by atoms with van der Waals surface area (Å²) in [6.45, 7) is 2.17. The van der Waals surface area contributed by atoms with Gasteiger partial charge in [-0.25, -0.2) is 0 Å². The Morgan fingerprint density at radius 3 is 2.89 bits per heavy atom. The van der Waals surface area contributed by atoms with Gasteiger partial charge in [-0.05, 0) is 58.8 Å². The first-order valence-electron chi connectivity index (χ1n) is 8.03. The molecule has 3 rings (SSSR count). The standard InChI is InChI=1S/C20H14BrClN2O3/c1-2-27-18-7-11(6-16(21)20(18)26)5-12(9-23)19(25)15-10-24-17-8-13(22)3-4-14(15)17/h3-8,10,24,26H,2H2,1H3/b12-5-. The van der Waals surface area contributed by atoms with Crippen molar-refractivity contribution in [2.24, 2.45) is 0 Å². The summed E-state index contributed by atoms with van der Waals surface area (Å²) in [7, 11) is 0. The molecule has 27 heavy (non-hydrogen) atoms. The minimum absolute atomic E-state index is 0.0349. The maximum atomic E-state index is 12.9. The zero-order valence-electron chi connectivity index (χ0n) is 14.2. The number of H-pyrrole nitrogens is 1. The SMILES string of the molecule is CCOc1cc(/C=C(/C#N)C(=O)c2c[nH]c3cc(Cl)ccc23)cc(Br)c1O. The van der Waals surface area contributed by atoms with Crippen LogP contribution in [0.4, 0.5) is 0 Å². The number of ketones is 1. The number of carbonyl (C=O) groups is 1. The van der Waals surface area contributed by atoms with Crippen LogP contribution in [0.1, 0.15) is 22.8 Å². The van der Waals surface area contributed by atoms with E-state index in [0.29, 0.717) is 38.1 Å². The number of hydrogen-bond donors (Lipinski definition) is 2. The van der Waals surface area contributed by atoms with Crippen molar-refractivity contribution in [3.8, 4) is 17.6 Å². The number of Topliss-reactive ketones (excluding diaryl/α,β-unsaturated/α-hetero) is 1. The summed E-state index contributed by atoms with van der Waals surface area (Å²) >= 11 is 9.22. The number of phenols is 1. The number of benzene rings is 2. The van der Waals surface area contributed by atoms with Gasteiger partial charge in [0, 0.05) is 27.7 Å². The minimum Gasteiger partial charge on any atom is -0.503 e. The Bertz CT molecular complexity index is 1110. The maximum absolute atomic E-state index is 12.9. The van der Waals surface area contributed by atoms with Crippen molar-refractivity contribution in [2.75, 3.05) is 6.61 Å². The number of nitrogens with one attached hydrogen (secondary N) is 1. The number of hydrogen-bond acceptors (Lipinski definition) is 4. The fourth-order valence-electron chi connectivity index (χ4n) is 2.69. The Hall–Kier alpha value is -2.75. The van der Waals surface area contributed by atoms with Crippen LogP contribution >= 0.6 is 27.5 Å². The monoisotopic (exact) mass is 444 g/mol. The van der Waals surface area contributed by atoms with Crippen molar-refractivity contribution in [2.45, 2.75) is 6.92 Å². The van der Waals surface area contributed by atoms with Gasteiger partial charge in [0.15, 0.2) is 11.5 Å². The van der Waals surface area contributed by atoms with Crippen LogP contribution in [-0.2, 0) is 0 Å². The fourth-order valence-corrected chi connectivity index (χ4v) is 3.32. The number of aromatic nitrogens is 1. The number of nitrogens with zero attached hydrogens (tertiary/aromatic N) is 1. The van der Waals surface area contributed by atoms with Gasteiger partial charge in [0.05, 0.1) is 11.1 Å². The lowest BCUT2D eigenvalue weighted by Crippen LogP contribution is -2.01. The molecular formula is C20H14BrClN2O3. The van der Waals surface area contributed by atoms with Gasteiger partial charge in [-0.1, -0.05) is 17.7 Å². The smallest absolute Gasteiger partial charge is 0.205 e. The number of halogens is 2. The van der Waals surface area contributed by atoms with Crippen LogP contribution in [0, 0.1) is 11.3 Å². The molecule has 2 N–H and O–H groups in total. The second kappa shape index (κ2) is 7.87. The molecule has 0 amide bonds. The molecule has 1 aromatic heterocycles. The second-order valence-corrected chi connectivity index (χ2v) is 6.96. The van der Waals surface area contributed by atoms with Gasteiger partial charge in [0.2, 0.25) is 5.78 Å². The highest BCUT2D eigenvalue weighted by atomic mass is 79.9. The molecule has 0 fully saturated rings. The van der Waals surface area contributed by atoms with E-state index in [1.807, 2.05) is 6.07 Å². The average Bonchev–Trinajstić information content (AvgIpc) is 3.06. The molecule has 0 spiro atoms. The molecule has 5 nitrogen and oxygen atoms in total. The van der Waals surface area contributed by atoms with Crippen molar-refractivity contribution in [1.82, 2.24) is 4.98 Å². The summed E-state index contributed by atoms with van der Waals surface area (Å²) in [4.78, 5) is 15.9. The van der Waals surface area contributed by atoms with Gasteiger partial charge in [-0.15, -0.1) is 0 Å². The summed E-state index contributed by atoms with van der Waals surface area (Å²) in [5, 5.41) is 20.8. The lowest BCUT2D eigenvalue weighted by atomic mass is 10.0. The molecule has 136 valence electrons. The number of aromatic hydroxyl groups is 1. The van der Waals surface area contributed by atoms with E-state index in [1.165, 1.54) is 6.08 Å². The third kappa shape index (κ3) is 3.85. The summed E-state index contributed by atoms with van der Waals surface area (Å²) in [6.07, 6.45) is 3.02. The van der Waals surface area contributed by atoms with E-state index in [2.05, 4.69) is 20.9 Å². The number of rotatable bonds is 5. The van der Waals surface area contributed by atoms with Crippen LogP contribution in [0.3, 0.4) is 0 Å². The van der Waals surface area contributed by atoms with Gasteiger partial charge >= 0.3 is 0 Å². The predicted octanol–water partition coefficient (Wildman–Crippen LogP) is 5.48. The van der Waals surface area contributed by atoms with Gasteiger partial charge in [0.1, 0.15) is 11.6 Å². The molecule has 7 heteroatoms. The Balaban J connectivity index is 2.04. The second-order valence-electron chi connectivity index (χ2n) is 5.67. The number of aromatic amines is 1. The van der Waals surface area contributed by atoms with E-state index in [-0.39, 0.29) is 17.1 Å². The molecule has 0 bridgehead atoms. The lowest BCUT2D eigenvalue weighted by molar-refractivity contribution is 0.104. The van der Waals surface area contributed by atoms with E-state index in [4.69, 9.17) is 16.3 Å². The van der Waals surface area contributed by atoms with E-state index in [9.17, 15) is 15.2 Å². The van der Waals surface area contributed by atoms with Gasteiger partial charge in [0.25, 0.3) is 0 Å². The first-order chi connectivity index (χ1) is 12.9. The molecule has 0 aliphatic carbocycles. The molecule has 2 aromatic carbocycles. The van der Waals surface area contributed by atoms with E-state index < -0.39 is 5.78 Å². The van der Waals surface area contributed by atoms with E-state index in [1.54, 1.807) is 43.5 Å². The summed E-state index contributed by atoms with van der Waals surface area (Å²) in [5.41, 5.74) is 1.62. The largest absolute Gasteiger partial charge is 0.503 e. The molecular weight excluding hydrogens is 432 g/mol. The highest BCUT2D eigenvalue weighted by Crippen LogP contribution is 2.36. The Morgan fingerprint density at radius 1 is 1.41 bits per heavy atom. The fraction of sp³-hybridized carbons (Fsp3) is 0.100.